The van der Waals surface area contributed by atoms with E-state index in [1.165, 1.54) is 18.4 Å². The van der Waals surface area contributed by atoms with Gasteiger partial charge in [0, 0.05) is 16.1 Å². The topological polar surface area (TPSA) is 92.4 Å². The van der Waals surface area contributed by atoms with Crippen LogP contribution >= 0.6 is 15.9 Å². The van der Waals surface area contributed by atoms with Crippen molar-refractivity contribution in [2.24, 2.45) is 0 Å². The van der Waals surface area contributed by atoms with E-state index in [9.17, 15) is 12.8 Å². The maximum Gasteiger partial charge on any atom is 0.243 e. The number of rotatable bonds is 5. The summed E-state index contributed by atoms with van der Waals surface area (Å²) in [6.45, 7) is -0.726. The van der Waals surface area contributed by atoms with Gasteiger partial charge in [-0.2, -0.15) is 0 Å². The van der Waals surface area contributed by atoms with Crippen molar-refractivity contribution < 1.29 is 22.4 Å². The molecule has 1 aromatic heterocycles. The highest BCUT2D eigenvalue weighted by Crippen LogP contribution is 2.24. The number of aliphatic hydroxyl groups excluding tert-OH is 1. The van der Waals surface area contributed by atoms with Gasteiger partial charge in [0.15, 0.2) is 0 Å². The summed E-state index contributed by atoms with van der Waals surface area (Å²) in [7, 11) is -4.07. The van der Waals surface area contributed by atoms with Crippen LogP contribution in [0.4, 0.5) is 4.39 Å². The first-order valence-electron chi connectivity index (χ1n) is 5.42. The van der Waals surface area contributed by atoms with Crippen molar-refractivity contribution in [3.63, 3.8) is 0 Å². The average Bonchev–Trinajstić information content (AvgIpc) is 2.92. The fraction of sp³-hybridized carbons (Fsp3) is 0.182. The lowest BCUT2D eigenvalue weighted by Gasteiger charge is -2.09. The first-order valence-corrected chi connectivity index (χ1v) is 7.69. The second-order valence-electron chi connectivity index (χ2n) is 3.85. The molecular weight excluding hydrogens is 355 g/mol. The van der Waals surface area contributed by atoms with E-state index in [0.717, 1.165) is 6.07 Å². The maximum absolute atomic E-state index is 14.0. The van der Waals surface area contributed by atoms with Crippen LogP contribution in [0.1, 0.15) is 11.3 Å². The van der Waals surface area contributed by atoms with Gasteiger partial charge in [-0.3, -0.25) is 0 Å². The minimum Gasteiger partial charge on any atom is -0.392 e. The van der Waals surface area contributed by atoms with Gasteiger partial charge >= 0.3 is 0 Å². The van der Waals surface area contributed by atoms with E-state index in [1.807, 2.05) is 0 Å². The molecule has 0 aliphatic carbocycles. The van der Waals surface area contributed by atoms with Gasteiger partial charge in [0.2, 0.25) is 10.0 Å². The molecule has 108 valence electrons. The Morgan fingerprint density at radius 1 is 1.45 bits per heavy atom. The molecule has 0 saturated carbocycles. The van der Waals surface area contributed by atoms with Crippen LogP contribution in [0.3, 0.4) is 0 Å². The molecule has 1 heterocycles. The van der Waals surface area contributed by atoms with Crippen LogP contribution in [0.25, 0.3) is 0 Å². The Bertz CT molecular complexity index is 703. The van der Waals surface area contributed by atoms with Crippen molar-refractivity contribution in [2.75, 3.05) is 0 Å². The first kappa shape index (κ1) is 15.1. The second-order valence-corrected chi connectivity index (χ2v) is 6.50. The predicted octanol–water partition coefficient (Wildman–Crippen LogP) is 1.55. The number of hydrogen-bond donors (Lipinski definition) is 2. The van der Waals surface area contributed by atoms with E-state index in [4.69, 9.17) is 5.11 Å². The monoisotopic (exact) mass is 364 g/mol. The summed E-state index contributed by atoms with van der Waals surface area (Å²) in [5, 5.41) is 12.6. The molecule has 0 atom stereocenters. The smallest absolute Gasteiger partial charge is 0.243 e. The molecule has 0 spiro atoms. The lowest BCUT2D eigenvalue weighted by molar-refractivity contribution is 0.274. The van der Waals surface area contributed by atoms with Crippen LogP contribution in [-0.2, 0) is 23.2 Å². The highest BCUT2D eigenvalue weighted by molar-refractivity contribution is 9.10. The van der Waals surface area contributed by atoms with Gasteiger partial charge in [0.25, 0.3) is 0 Å². The summed E-state index contributed by atoms with van der Waals surface area (Å²) >= 11 is 3.07. The standard InChI is InChI=1S/C11H10BrFN2O4S/c12-8-3-7(6-16)11(13)10(4-8)20(17,18)14-5-9-1-2-19-15-9/h1-4,14,16H,5-6H2. The molecule has 9 heteroatoms. The fourth-order valence-electron chi connectivity index (χ4n) is 1.50. The van der Waals surface area contributed by atoms with Crippen molar-refractivity contribution in [1.29, 1.82) is 0 Å². The van der Waals surface area contributed by atoms with Crippen LogP contribution in [0.5, 0.6) is 0 Å². The molecule has 0 aliphatic rings. The Labute approximate surface area is 122 Å². The van der Waals surface area contributed by atoms with Crippen LogP contribution in [-0.4, -0.2) is 18.7 Å². The average molecular weight is 365 g/mol. The number of halogens is 2. The predicted molar refractivity (Wildman–Crippen MR) is 70.6 cm³/mol. The Morgan fingerprint density at radius 3 is 2.80 bits per heavy atom. The van der Waals surface area contributed by atoms with Crippen molar-refractivity contribution >= 4 is 26.0 Å². The van der Waals surface area contributed by atoms with Crippen LogP contribution in [0, 0.1) is 5.82 Å². The molecule has 0 aliphatic heterocycles. The van der Waals surface area contributed by atoms with Crippen molar-refractivity contribution in [3.8, 4) is 0 Å². The largest absolute Gasteiger partial charge is 0.392 e. The molecule has 2 aromatic rings. The van der Waals surface area contributed by atoms with Gasteiger partial charge in [-0.15, -0.1) is 0 Å². The number of hydrogen-bond acceptors (Lipinski definition) is 5. The van der Waals surface area contributed by atoms with E-state index in [2.05, 4.69) is 30.3 Å². The normalized spacial score (nSPS) is 11.8. The summed E-state index contributed by atoms with van der Waals surface area (Å²) in [6, 6.07) is 3.92. The quantitative estimate of drug-likeness (QED) is 0.839. The van der Waals surface area contributed by atoms with E-state index < -0.39 is 27.3 Å². The summed E-state index contributed by atoms with van der Waals surface area (Å²) in [5.41, 5.74) is 0.257. The summed E-state index contributed by atoms with van der Waals surface area (Å²) < 4.78 is 45.2. The van der Waals surface area contributed by atoms with Crippen molar-refractivity contribution in [2.45, 2.75) is 18.0 Å². The van der Waals surface area contributed by atoms with Crippen molar-refractivity contribution in [1.82, 2.24) is 9.88 Å². The molecular formula is C11H10BrFN2O4S. The maximum atomic E-state index is 14.0. The highest BCUT2D eigenvalue weighted by Gasteiger charge is 2.22. The van der Waals surface area contributed by atoms with E-state index in [-0.39, 0.29) is 12.1 Å². The Balaban J connectivity index is 2.31. The fourth-order valence-corrected chi connectivity index (χ4v) is 3.30. The minimum atomic E-state index is -4.07. The summed E-state index contributed by atoms with van der Waals surface area (Å²) in [4.78, 5) is -0.542. The number of benzene rings is 1. The molecule has 20 heavy (non-hydrogen) atoms. The second kappa shape index (κ2) is 6.00. The zero-order valence-corrected chi connectivity index (χ0v) is 12.4. The molecule has 2 rings (SSSR count). The van der Waals surface area contributed by atoms with E-state index in [0.29, 0.717) is 10.2 Å². The Hall–Kier alpha value is -1.29. The van der Waals surface area contributed by atoms with Gasteiger partial charge in [-0.25, -0.2) is 17.5 Å². The lowest BCUT2D eigenvalue weighted by atomic mass is 10.2. The Kier molecular flexibility index (Phi) is 4.53. The number of aromatic nitrogens is 1. The number of nitrogens with zero attached hydrogens (tertiary/aromatic N) is 1. The zero-order valence-electron chi connectivity index (χ0n) is 10.0. The SMILES string of the molecule is O=S(=O)(NCc1ccon1)c1cc(Br)cc(CO)c1F. The third kappa shape index (κ3) is 3.23. The number of aliphatic hydroxyl groups is 1. The van der Waals surface area contributed by atoms with Gasteiger partial charge in [-0.1, -0.05) is 21.1 Å². The van der Waals surface area contributed by atoms with Crippen LogP contribution < -0.4 is 4.72 Å². The lowest BCUT2D eigenvalue weighted by Crippen LogP contribution is -2.24. The third-order valence-corrected chi connectivity index (χ3v) is 4.33. The molecule has 0 amide bonds. The van der Waals surface area contributed by atoms with Crippen LogP contribution in [0.2, 0.25) is 0 Å². The van der Waals surface area contributed by atoms with Gasteiger partial charge in [-0.05, 0) is 12.1 Å². The number of nitrogens with one attached hydrogen (secondary N) is 1. The van der Waals surface area contributed by atoms with Gasteiger partial charge < -0.3 is 9.63 Å². The molecule has 1 aromatic carbocycles. The van der Waals surface area contributed by atoms with Gasteiger partial charge in [0.05, 0.1) is 18.8 Å². The van der Waals surface area contributed by atoms with Crippen molar-refractivity contribution in [3.05, 3.63) is 46.0 Å². The summed E-state index contributed by atoms with van der Waals surface area (Å²) in [5.74, 6) is -0.983. The van der Waals surface area contributed by atoms with E-state index >= 15 is 0 Å². The zero-order chi connectivity index (χ0) is 14.8. The molecule has 0 saturated heterocycles. The molecule has 0 radical (unpaired) electrons. The molecule has 6 nitrogen and oxygen atoms in total. The first-order chi connectivity index (χ1) is 9.44. The third-order valence-electron chi connectivity index (χ3n) is 2.47. The summed E-state index contributed by atoms with van der Waals surface area (Å²) in [6.07, 6.45) is 1.30. The molecule has 0 unspecified atom stereocenters. The Morgan fingerprint density at radius 2 is 2.20 bits per heavy atom. The van der Waals surface area contributed by atoms with Crippen LogP contribution in [0.15, 0.2) is 38.4 Å². The van der Waals surface area contributed by atoms with E-state index in [1.54, 1.807) is 0 Å². The molecule has 0 bridgehead atoms. The highest BCUT2D eigenvalue weighted by atomic mass is 79.9. The number of sulfonamides is 1. The minimum absolute atomic E-state index is 0.110. The molecule has 2 N–H and O–H groups in total. The van der Waals surface area contributed by atoms with Gasteiger partial charge in [0.1, 0.15) is 17.0 Å². The molecule has 0 fully saturated rings.